The normalized spacial score (nSPS) is 10.8. The second-order valence-corrected chi connectivity index (χ2v) is 4.29. The zero-order valence-electron chi connectivity index (χ0n) is 8.40. The van der Waals surface area contributed by atoms with Crippen LogP contribution in [0.15, 0.2) is 6.20 Å². The maximum Gasteiger partial charge on any atom is 0.212 e. The summed E-state index contributed by atoms with van der Waals surface area (Å²) in [4.78, 5) is 4.20. The second kappa shape index (κ2) is 3.09. The van der Waals surface area contributed by atoms with Crippen molar-refractivity contribution in [3.05, 3.63) is 23.1 Å². The first-order valence-electron chi connectivity index (χ1n) is 4.34. The number of hydrogen-bond acceptors (Lipinski definition) is 4. The molecule has 5 heteroatoms. The van der Waals surface area contributed by atoms with Gasteiger partial charge < -0.3 is 5.73 Å². The van der Waals surface area contributed by atoms with Gasteiger partial charge in [0.15, 0.2) is 0 Å². The molecule has 2 aromatic rings. The molecule has 0 spiro atoms. The van der Waals surface area contributed by atoms with Gasteiger partial charge in [0.05, 0.1) is 11.9 Å². The smallest absolute Gasteiger partial charge is 0.212 e. The van der Waals surface area contributed by atoms with Gasteiger partial charge in [-0.15, -0.1) is 0 Å². The first-order valence-corrected chi connectivity index (χ1v) is 5.15. The summed E-state index contributed by atoms with van der Waals surface area (Å²) in [5, 5.41) is 5.95. The summed E-state index contributed by atoms with van der Waals surface area (Å²) >= 11 is 1.44. The number of aromatic nitrogens is 3. The fourth-order valence-electron chi connectivity index (χ4n) is 1.28. The summed E-state index contributed by atoms with van der Waals surface area (Å²) in [5.74, 6) is 0. The van der Waals surface area contributed by atoms with Crippen molar-refractivity contribution in [3.63, 3.8) is 0 Å². The third-order valence-electron chi connectivity index (χ3n) is 2.35. The Bertz CT molecular complexity index is 469. The Morgan fingerprint density at radius 3 is 2.50 bits per heavy atom. The average molecular weight is 208 g/mol. The van der Waals surface area contributed by atoms with Crippen LogP contribution in [0.4, 0.5) is 5.00 Å². The summed E-state index contributed by atoms with van der Waals surface area (Å²) in [5.41, 5.74) is 8.99. The Balaban J connectivity index is 2.57. The number of nitrogen functional groups attached to an aromatic ring is 1. The highest BCUT2D eigenvalue weighted by atomic mass is 32.1. The van der Waals surface area contributed by atoms with Crippen LogP contribution in [0, 0.1) is 20.8 Å². The topological polar surface area (TPSA) is 56.7 Å². The molecule has 0 amide bonds. The molecule has 0 atom stereocenters. The van der Waals surface area contributed by atoms with E-state index in [-0.39, 0.29) is 0 Å². The number of rotatable bonds is 1. The van der Waals surface area contributed by atoms with Crippen LogP contribution in [-0.4, -0.2) is 14.8 Å². The summed E-state index contributed by atoms with van der Waals surface area (Å²) in [6.45, 7) is 6.09. The predicted octanol–water partition coefficient (Wildman–Crippen LogP) is 1.84. The molecule has 2 aromatic heterocycles. The molecule has 0 aromatic carbocycles. The van der Waals surface area contributed by atoms with Crippen LogP contribution in [0.25, 0.3) is 5.13 Å². The second-order valence-electron chi connectivity index (χ2n) is 3.25. The Morgan fingerprint density at radius 2 is 2.07 bits per heavy atom. The van der Waals surface area contributed by atoms with Gasteiger partial charge in [0, 0.05) is 5.69 Å². The van der Waals surface area contributed by atoms with Gasteiger partial charge in [-0.2, -0.15) is 5.10 Å². The first kappa shape index (κ1) is 9.21. The minimum absolute atomic E-state index is 0.713. The molecule has 0 saturated carbocycles. The Hall–Kier alpha value is -1.36. The third kappa shape index (κ3) is 1.29. The summed E-state index contributed by atoms with van der Waals surface area (Å²) in [6.07, 6.45) is 1.66. The molecule has 0 bridgehead atoms. The lowest BCUT2D eigenvalue weighted by molar-refractivity contribution is 0.825. The number of thiazole rings is 1. The van der Waals surface area contributed by atoms with Gasteiger partial charge in [0.25, 0.3) is 0 Å². The lowest BCUT2D eigenvalue weighted by atomic mass is 10.2. The Kier molecular flexibility index (Phi) is 2.03. The maximum atomic E-state index is 5.63. The zero-order valence-corrected chi connectivity index (χ0v) is 9.22. The van der Waals surface area contributed by atoms with E-state index in [0.717, 1.165) is 16.5 Å². The first-order chi connectivity index (χ1) is 6.59. The standard InChI is InChI=1S/C9H12N4S/c1-5-6(2)12-13(7(5)3)9-11-4-8(10)14-9/h4H,10H2,1-3H3. The summed E-state index contributed by atoms with van der Waals surface area (Å²) in [6, 6.07) is 0. The molecule has 0 saturated heterocycles. The summed E-state index contributed by atoms with van der Waals surface area (Å²) in [7, 11) is 0. The van der Waals surface area contributed by atoms with E-state index in [1.54, 1.807) is 6.20 Å². The Morgan fingerprint density at radius 1 is 1.36 bits per heavy atom. The zero-order chi connectivity index (χ0) is 10.3. The highest BCUT2D eigenvalue weighted by Crippen LogP contribution is 2.22. The number of nitrogens with zero attached hydrogens (tertiary/aromatic N) is 3. The predicted molar refractivity (Wildman–Crippen MR) is 57.9 cm³/mol. The van der Waals surface area contributed by atoms with E-state index in [1.807, 2.05) is 18.5 Å². The molecule has 0 aliphatic carbocycles. The van der Waals surface area contributed by atoms with Crippen molar-refractivity contribution in [1.82, 2.24) is 14.8 Å². The lowest BCUT2D eigenvalue weighted by Gasteiger charge is -1.97. The van der Waals surface area contributed by atoms with Crippen molar-refractivity contribution >= 4 is 16.3 Å². The van der Waals surface area contributed by atoms with Crippen LogP contribution < -0.4 is 5.73 Å². The fourth-order valence-corrected chi connectivity index (χ4v) is 1.97. The third-order valence-corrected chi connectivity index (χ3v) is 3.15. The highest BCUT2D eigenvalue weighted by Gasteiger charge is 2.10. The van der Waals surface area contributed by atoms with E-state index < -0.39 is 0 Å². The van der Waals surface area contributed by atoms with Gasteiger partial charge in [0.2, 0.25) is 5.13 Å². The Labute approximate surface area is 86.4 Å². The molecule has 2 rings (SSSR count). The molecule has 0 aliphatic rings. The number of nitrogens with two attached hydrogens (primary N) is 1. The van der Waals surface area contributed by atoms with Gasteiger partial charge in [-0.3, -0.25) is 0 Å². The molecule has 0 fully saturated rings. The van der Waals surface area contributed by atoms with E-state index in [0.29, 0.717) is 5.00 Å². The molecule has 0 unspecified atom stereocenters. The van der Waals surface area contributed by atoms with E-state index in [2.05, 4.69) is 17.0 Å². The fraction of sp³-hybridized carbons (Fsp3) is 0.333. The molecule has 74 valence electrons. The van der Waals surface area contributed by atoms with Crippen molar-refractivity contribution in [3.8, 4) is 5.13 Å². The van der Waals surface area contributed by atoms with E-state index in [1.165, 1.54) is 16.9 Å². The molecule has 0 radical (unpaired) electrons. The lowest BCUT2D eigenvalue weighted by Crippen LogP contribution is -1.97. The van der Waals surface area contributed by atoms with Crippen LogP contribution in [0.3, 0.4) is 0 Å². The minimum atomic E-state index is 0.713. The molecule has 2 heterocycles. The van der Waals surface area contributed by atoms with E-state index >= 15 is 0 Å². The van der Waals surface area contributed by atoms with Crippen LogP contribution in [0.5, 0.6) is 0 Å². The van der Waals surface area contributed by atoms with Crippen LogP contribution in [0.1, 0.15) is 17.0 Å². The maximum absolute atomic E-state index is 5.63. The van der Waals surface area contributed by atoms with Crippen molar-refractivity contribution in [2.45, 2.75) is 20.8 Å². The van der Waals surface area contributed by atoms with Crippen LogP contribution in [-0.2, 0) is 0 Å². The molecular formula is C9H12N4S. The molecular weight excluding hydrogens is 196 g/mol. The van der Waals surface area contributed by atoms with Crippen LogP contribution in [0.2, 0.25) is 0 Å². The van der Waals surface area contributed by atoms with Gasteiger partial charge in [-0.05, 0) is 26.3 Å². The van der Waals surface area contributed by atoms with E-state index in [4.69, 9.17) is 5.73 Å². The van der Waals surface area contributed by atoms with Crippen molar-refractivity contribution in [1.29, 1.82) is 0 Å². The molecule has 0 aliphatic heterocycles. The number of aryl methyl sites for hydroxylation is 1. The number of anilines is 1. The van der Waals surface area contributed by atoms with Gasteiger partial charge in [0.1, 0.15) is 5.00 Å². The van der Waals surface area contributed by atoms with Gasteiger partial charge in [-0.1, -0.05) is 11.3 Å². The van der Waals surface area contributed by atoms with Crippen molar-refractivity contribution < 1.29 is 0 Å². The van der Waals surface area contributed by atoms with E-state index in [9.17, 15) is 0 Å². The van der Waals surface area contributed by atoms with Crippen LogP contribution >= 0.6 is 11.3 Å². The highest BCUT2D eigenvalue weighted by molar-refractivity contribution is 7.17. The minimum Gasteiger partial charge on any atom is -0.389 e. The van der Waals surface area contributed by atoms with Crippen molar-refractivity contribution in [2.75, 3.05) is 5.73 Å². The largest absolute Gasteiger partial charge is 0.389 e. The SMILES string of the molecule is Cc1nn(-c2ncc(N)s2)c(C)c1C. The summed E-state index contributed by atoms with van der Waals surface area (Å²) < 4.78 is 1.84. The quantitative estimate of drug-likeness (QED) is 0.778. The number of hydrogen-bond donors (Lipinski definition) is 1. The molecule has 2 N–H and O–H groups in total. The molecule has 14 heavy (non-hydrogen) atoms. The average Bonchev–Trinajstić information content (AvgIpc) is 2.66. The van der Waals surface area contributed by atoms with Crippen molar-refractivity contribution in [2.24, 2.45) is 0 Å². The monoisotopic (exact) mass is 208 g/mol. The molecule has 4 nitrogen and oxygen atoms in total. The van der Waals surface area contributed by atoms with Gasteiger partial charge in [-0.25, -0.2) is 9.67 Å². The van der Waals surface area contributed by atoms with Gasteiger partial charge >= 0.3 is 0 Å².